The molecule has 0 heterocycles. The average Bonchev–Trinajstić information content (AvgIpc) is 2.25. The maximum Gasteiger partial charge on any atom is 1.00 e. The van der Waals surface area contributed by atoms with Crippen molar-refractivity contribution < 1.29 is 69.6 Å². The van der Waals surface area contributed by atoms with Crippen molar-refractivity contribution in [3.8, 4) is 0 Å². The van der Waals surface area contributed by atoms with Crippen molar-refractivity contribution in [1.29, 1.82) is 0 Å². The summed E-state index contributed by atoms with van der Waals surface area (Å²) in [4.78, 5) is 0. The fourth-order valence-corrected chi connectivity index (χ4v) is 1.95. The molecule has 1 aromatic rings. The topological polar surface area (TPSA) is 77.4 Å². The van der Waals surface area contributed by atoms with Gasteiger partial charge in [0.15, 0.2) is 10.1 Å². The van der Waals surface area contributed by atoms with Gasteiger partial charge in [0.25, 0.3) is 5.60 Å². The predicted molar refractivity (Wildman–Crippen MR) is 51.0 cm³/mol. The molecule has 0 amide bonds. The van der Waals surface area contributed by atoms with E-state index in [-0.39, 0.29) is 29.6 Å². The van der Waals surface area contributed by atoms with Gasteiger partial charge in [0.05, 0.1) is 0 Å². The molecule has 0 radical (unpaired) electrons. The first kappa shape index (κ1) is 19.7. The third-order valence-corrected chi connectivity index (χ3v) is 3.26. The molecular formula is C9H6F5NaO4S. The fourth-order valence-electron chi connectivity index (χ4n) is 1.36. The van der Waals surface area contributed by atoms with E-state index < -0.39 is 32.7 Å². The minimum atomic E-state index is -6.74. The summed E-state index contributed by atoms with van der Waals surface area (Å²) in [5, 5.41) is 3.26. The van der Waals surface area contributed by atoms with Gasteiger partial charge in [-0.3, -0.25) is 0 Å². The van der Waals surface area contributed by atoms with Gasteiger partial charge < -0.3 is 9.66 Å². The summed E-state index contributed by atoms with van der Waals surface area (Å²) in [7, 11) is -6.74. The molecule has 1 unspecified atom stereocenters. The molecule has 0 aliphatic heterocycles. The van der Waals surface area contributed by atoms with E-state index in [0.717, 1.165) is 18.2 Å². The van der Waals surface area contributed by atoms with Gasteiger partial charge in [0.1, 0.15) is 0 Å². The Morgan fingerprint density at radius 2 is 1.40 bits per heavy atom. The second kappa shape index (κ2) is 5.85. The molecule has 0 spiro atoms. The van der Waals surface area contributed by atoms with Crippen molar-refractivity contribution in [1.82, 2.24) is 0 Å². The van der Waals surface area contributed by atoms with E-state index in [1.54, 1.807) is 0 Å². The summed E-state index contributed by atoms with van der Waals surface area (Å²) in [5.41, 5.74) is -6.58. The van der Waals surface area contributed by atoms with Gasteiger partial charge in [-0.1, -0.05) is 30.3 Å². The molecule has 1 rings (SSSR count). The third-order valence-electron chi connectivity index (χ3n) is 2.34. The van der Waals surface area contributed by atoms with Crippen LogP contribution in [0.5, 0.6) is 0 Å². The van der Waals surface area contributed by atoms with Crippen LogP contribution < -0.4 is 29.6 Å². The van der Waals surface area contributed by atoms with Crippen molar-refractivity contribution in [3.05, 3.63) is 35.9 Å². The number of hydrogen-bond acceptors (Lipinski definition) is 4. The molecule has 0 aliphatic rings. The van der Waals surface area contributed by atoms with E-state index in [0.29, 0.717) is 12.1 Å². The summed E-state index contributed by atoms with van der Waals surface area (Å²) in [6.07, 6.45) is -6.07. The van der Waals surface area contributed by atoms with Gasteiger partial charge in [-0.15, -0.1) is 0 Å². The number of benzene rings is 1. The van der Waals surface area contributed by atoms with E-state index in [1.807, 2.05) is 0 Å². The molecule has 1 atom stereocenters. The van der Waals surface area contributed by atoms with Crippen LogP contribution in [0.3, 0.4) is 0 Å². The van der Waals surface area contributed by atoms with Crippen molar-refractivity contribution in [3.63, 3.8) is 0 Å². The molecule has 20 heavy (non-hydrogen) atoms. The van der Waals surface area contributed by atoms with Crippen molar-refractivity contribution >= 4 is 10.1 Å². The van der Waals surface area contributed by atoms with Crippen LogP contribution in [0, 0.1) is 0 Å². The molecular weight excluding hydrogens is 322 g/mol. The molecule has 0 fully saturated rings. The summed E-state index contributed by atoms with van der Waals surface area (Å²) in [6, 6.07) is 3.78. The zero-order chi connectivity index (χ0) is 15.1. The van der Waals surface area contributed by atoms with Gasteiger partial charge >= 0.3 is 41.0 Å². The van der Waals surface area contributed by atoms with Crippen LogP contribution in [0.15, 0.2) is 30.3 Å². The Bertz CT molecular complexity index is 559. The fraction of sp³-hybridized carbons (Fsp3) is 0.333. The molecule has 0 bridgehead atoms. The Hall–Kier alpha value is -0.260. The number of rotatable bonds is 3. The molecule has 1 N–H and O–H groups in total. The largest absolute Gasteiger partial charge is 1.00 e. The summed E-state index contributed by atoms with van der Waals surface area (Å²) < 4.78 is 95.7. The summed E-state index contributed by atoms with van der Waals surface area (Å²) >= 11 is 0. The quantitative estimate of drug-likeness (QED) is 0.420. The van der Waals surface area contributed by atoms with Gasteiger partial charge in [-0.2, -0.15) is 22.0 Å². The van der Waals surface area contributed by atoms with Crippen LogP contribution in [0.2, 0.25) is 0 Å². The van der Waals surface area contributed by atoms with Crippen LogP contribution in [-0.2, 0) is 15.7 Å². The Morgan fingerprint density at radius 1 is 1.00 bits per heavy atom. The molecule has 108 valence electrons. The maximum atomic E-state index is 13.3. The third kappa shape index (κ3) is 3.00. The van der Waals surface area contributed by atoms with Crippen LogP contribution in [0.4, 0.5) is 22.0 Å². The van der Waals surface area contributed by atoms with Crippen LogP contribution >= 0.6 is 0 Å². The van der Waals surface area contributed by atoms with Gasteiger partial charge in [-0.25, -0.2) is 8.42 Å². The molecule has 0 saturated carbocycles. The maximum absolute atomic E-state index is 13.3. The number of hydrogen-bond donors (Lipinski definition) is 1. The number of alkyl halides is 5. The van der Waals surface area contributed by atoms with E-state index in [4.69, 9.17) is 0 Å². The molecule has 0 aromatic heterocycles. The van der Waals surface area contributed by atoms with Gasteiger partial charge in [0, 0.05) is 5.56 Å². The van der Waals surface area contributed by atoms with E-state index in [9.17, 15) is 40.0 Å². The normalized spacial score (nSPS) is 16.1. The Kier molecular flexibility index (Phi) is 5.78. The van der Waals surface area contributed by atoms with Crippen molar-refractivity contribution in [2.75, 3.05) is 0 Å². The average molecular weight is 328 g/mol. The first-order valence-electron chi connectivity index (χ1n) is 4.53. The zero-order valence-electron chi connectivity index (χ0n) is 9.86. The smallest absolute Gasteiger partial charge is 0.743 e. The molecule has 1 aromatic carbocycles. The second-order valence-corrected chi connectivity index (χ2v) is 4.97. The Morgan fingerprint density at radius 3 is 1.70 bits per heavy atom. The first-order valence-corrected chi connectivity index (χ1v) is 5.94. The summed E-state index contributed by atoms with van der Waals surface area (Å²) in [6.45, 7) is 0. The van der Waals surface area contributed by atoms with Crippen LogP contribution in [0.1, 0.15) is 5.56 Å². The van der Waals surface area contributed by atoms with E-state index >= 15 is 0 Å². The molecule has 11 heteroatoms. The SMILES string of the molecule is O=S(=O)([O-])C(F)(F)C(O)(c1ccccc1)C(F)(F)F.[Na+]. The molecule has 4 nitrogen and oxygen atoms in total. The van der Waals surface area contributed by atoms with Crippen LogP contribution in [-0.4, -0.2) is 29.5 Å². The Labute approximate surface area is 132 Å². The van der Waals surface area contributed by atoms with Gasteiger partial charge in [-0.05, 0) is 0 Å². The standard InChI is InChI=1S/C9H7F5O4S.Na/c10-8(11,12)7(15,6-4-2-1-3-5-6)9(13,14)19(16,17)18;/h1-5,15H,(H,16,17,18);/q;+1/p-1. The number of aliphatic hydroxyl groups is 1. The monoisotopic (exact) mass is 328 g/mol. The summed E-state index contributed by atoms with van der Waals surface area (Å²) in [5.74, 6) is 0. The second-order valence-electron chi connectivity index (χ2n) is 3.55. The predicted octanol–water partition coefficient (Wildman–Crippen LogP) is -1.42. The molecule has 0 aliphatic carbocycles. The van der Waals surface area contributed by atoms with Crippen LogP contribution in [0.25, 0.3) is 0 Å². The van der Waals surface area contributed by atoms with E-state index in [2.05, 4.69) is 0 Å². The van der Waals surface area contributed by atoms with E-state index in [1.165, 1.54) is 0 Å². The minimum absolute atomic E-state index is 0. The Balaban J connectivity index is 0.00000361. The van der Waals surface area contributed by atoms with Crippen molar-refractivity contribution in [2.45, 2.75) is 17.0 Å². The minimum Gasteiger partial charge on any atom is -0.743 e. The van der Waals surface area contributed by atoms with Crippen molar-refractivity contribution in [2.24, 2.45) is 0 Å². The number of halogens is 5. The first-order chi connectivity index (χ1) is 8.36. The molecule has 0 saturated heterocycles. The zero-order valence-corrected chi connectivity index (χ0v) is 12.7. The van der Waals surface area contributed by atoms with Gasteiger partial charge in [0.2, 0.25) is 0 Å².